The van der Waals surface area contributed by atoms with Crippen LogP contribution >= 0.6 is 0 Å². The third kappa shape index (κ3) is 4.11. The molecule has 1 N–H and O–H groups in total. The fourth-order valence-corrected chi connectivity index (χ4v) is 4.49. The van der Waals surface area contributed by atoms with Crippen LogP contribution < -0.4 is 10.1 Å². The van der Waals surface area contributed by atoms with Crippen molar-refractivity contribution < 1.29 is 9.47 Å². The van der Waals surface area contributed by atoms with Gasteiger partial charge in [0.1, 0.15) is 24.5 Å². The highest BCUT2D eigenvalue weighted by atomic mass is 16.5. The lowest BCUT2D eigenvalue weighted by Crippen LogP contribution is -2.38. The maximum atomic E-state index is 6.04. The second-order valence-corrected chi connectivity index (χ2v) is 8.17. The van der Waals surface area contributed by atoms with Gasteiger partial charge in [-0.2, -0.15) is 0 Å². The molecule has 2 heterocycles. The zero-order valence-corrected chi connectivity index (χ0v) is 17.4. The second kappa shape index (κ2) is 8.58. The Morgan fingerprint density at radius 1 is 1.10 bits per heavy atom. The molecule has 0 spiro atoms. The Balaban J connectivity index is 1.22. The van der Waals surface area contributed by atoms with Crippen molar-refractivity contribution >= 4 is 16.7 Å². The molecule has 30 heavy (non-hydrogen) atoms. The normalized spacial score (nSPS) is 19.0. The summed E-state index contributed by atoms with van der Waals surface area (Å²) >= 11 is 0. The molecule has 3 aromatic rings. The van der Waals surface area contributed by atoms with Gasteiger partial charge < -0.3 is 14.8 Å². The van der Waals surface area contributed by atoms with Crippen LogP contribution in [0, 0.1) is 6.92 Å². The van der Waals surface area contributed by atoms with E-state index in [4.69, 9.17) is 9.47 Å². The zero-order valence-electron chi connectivity index (χ0n) is 17.4. The number of aromatic nitrogens is 2. The van der Waals surface area contributed by atoms with Gasteiger partial charge in [0.25, 0.3) is 0 Å². The van der Waals surface area contributed by atoms with Gasteiger partial charge in [-0.05, 0) is 54.7 Å². The van der Waals surface area contributed by atoms with Crippen LogP contribution in [0.1, 0.15) is 16.7 Å². The van der Waals surface area contributed by atoms with Gasteiger partial charge in [0.05, 0.1) is 18.7 Å². The summed E-state index contributed by atoms with van der Waals surface area (Å²) in [5.41, 5.74) is 4.94. The number of fused-ring (bicyclic) bond motifs is 2. The predicted octanol–water partition coefficient (Wildman–Crippen LogP) is 3.23. The third-order valence-corrected chi connectivity index (χ3v) is 6.10. The van der Waals surface area contributed by atoms with E-state index in [0.717, 1.165) is 68.2 Å². The Hall–Kier alpha value is -2.70. The first-order valence-electron chi connectivity index (χ1n) is 10.8. The van der Waals surface area contributed by atoms with Crippen LogP contribution in [0.3, 0.4) is 0 Å². The van der Waals surface area contributed by atoms with E-state index in [9.17, 15) is 0 Å². The van der Waals surface area contributed by atoms with Gasteiger partial charge in [-0.3, -0.25) is 4.90 Å². The van der Waals surface area contributed by atoms with Crippen molar-refractivity contribution in [2.24, 2.45) is 0 Å². The van der Waals surface area contributed by atoms with Gasteiger partial charge in [0, 0.05) is 31.1 Å². The molecule has 1 aliphatic heterocycles. The van der Waals surface area contributed by atoms with Crippen LogP contribution in [-0.4, -0.2) is 60.4 Å². The van der Waals surface area contributed by atoms with E-state index in [1.54, 1.807) is 6.33 Å². The van der Waals surface area contributed by atoms with Gasteiger partial charge in [0.2, 0.25) is 0 Å². The minimum absolute atomic E-state index is 0.335. The number of anilines is 1. The van der Waals surface area contributed by atoms with E-state index < -0.39 is 0 Å². The lowest BCUT2D eigenvalue weighted by Gasteiger charge is -2.26. The Bertz CT molecular complexity index is 1030. The molecule has 2 aromatic carbocycles. The van der Waals surface area contributed by atoms with Gasteiger partial charge >= 0.3 is 0 Å². The number of nitrogens with zero attached hydrogens (tertiary/aromatic N) is 3. The summed E-state index contributed by atoms with van der Waals surface area (Å²) in [4.78, 5) is 11.3. The topological polar surface area (TPSA) is 59.5 Å². The minimum atomic E-state index is 0.335. The molecule has 1 aromatic heterocycles. The van der Waals surface area contributed by atoms with Gasteiger partial charge in [0.15, 0.2) is 0 Å². The molecule has 6 nitrogen and oxygen atoms in total. The summed E-state index contributed by atoms with van der Waals surface area (Å²) in [7, 11) is 0. The number of ether oxygens (including phenoxy) is 2. The molecule has 156 valence electrons. The molecule has 2 aliphatic rings. The van der Waals surface area contributed by atoms with E-state index in [0.29, 0.717) is 12.6 Å². The highest BCUT2D eigenvalue weighted by Gasteiger charge is 2.23. The van der Waals surface area contributed by atoms with Crippen LogP contribution in [-0.2, 0) is 17.6 Å². The standard InChI is InChI=1S/C24H28N4O2/c1-17-3-2-4-22-23(17)24(26-16-25-22)27-20-13-18-5-6-21(15-19(18)14-20)30-12-9-28-7-10-29-11-8-28/h2-6,15-16,20H,7-14H2,1H3,(H,25,26,27). The number of hydrogen-bond donors (Lipinski definition) is 1. The Morgan fingerprint density at radius 2 is 1.97 bits per heavy atom. The number of aryl methyl sites for hydroxylation is 1. The number of rotatable bonds is 6. The number of hydrogen-bond acceptors (Lipinski definition) is 6. The summed E-state index contributed by atoms with van der Waals surface area (Å²) in [6.45, 7) is 7.43. The number of benzene rings is 2. The zero-order chi connectivity index (χ0) is 20.3. The quantitative estimate of drug-likeness (QED) is 0.681. The largest absolute Gasteiger partial charge is 0.492 e. The lowest BCUT2D eigenvalue weighted by atomic mass is 10.1. The van der Waals surface area contributed by atoms with Gasteiger partial charge in [-0.1, -0.05) is 18.2 Å². The molecule has 0 saturated carbocycles. The van der Waals surface area contributed by atoms with Crippen molar-refractivity contribution in [1.29, 1.82) is 0 Å². The molecule has 5 rings (SSSR count). The average molecular weight is 405 g/mol. The molecule has 6 heteroatoms. The highest BCUT2D eigenvalue weighted by molar-refractivity contribution is 5.91. The average Bonchev–Trinajstić information content (AvgIpc) is 3.16. The molecule has 1 aliphatic carbocycles. The molecule has 1 unspecified atom stereocenters. The summed E-state index contributed by atoms with van der Waals surface area (Å²) in [6.07, 6.45) is 3.63. The number of nitrogens with one attached hydrogen (secondary N) is 1. The molecule has 0 amide bonds. The molecule has 1 atom stereocenters. The first-order valence-corrected chi connectivity index (χ1v) is 10.8. The smallest absolute Gasteiger partial charge is 0.137 e. The van der Waals surface area contributed by atoms with Crippen LogP contribution in [0.4, 0.5) is 5.82 Å². The summed E-state index contributed by atoms with van der Waals surface area (Å²) in [6, 6.07) is 13.1. The van der Waals surface area contributed by atoms with Crippen LogP contribution in [0.5, 0.6) is 5.75 Å². The molecule has 1 fully saturated rings. The van der Waals surface area contributed by atoms with Crippen molar-refractivity contribution in [3.63, 3.8) is 0 Å². The Kier molecular flexibility index (Phi) is 5.51. The Labute approximate surface area is 177 Å². The van der Waals surface area contributed by atoms with E-state index >= 15 is 0 Å². The van der Waals surface area contributed by atoms with E-state index in [-0.39, 0.29) is 0 Å². The van der Waals surface area contributed by atoms with Crippen LogP contribution in [0.2, 0.25) is 0 Å². The summed E-state index contributed by atoms with van der Waals surface area (Å²) in [5, 5.41) is 4.78. The van der Waals surface area contributed by atoms with Crippen molar-refractivity contribution in [3.8, 4) is 5.75 Å². The third-order valence-electron chi connectivity index (χ3n) is 6.10. The molecule has 0 radical (unpaired) electrons. The molecular formula is C24H28N4O2. The maximum absolute atomic E-state index is 6.04. The summed E-state index contributed by atoms with van der Waals surface area (Å²) in [5.74, 6) is 1.89. The summed E-state index contributed by atoms with van der Waals surface area (Å²) < 4.78 is 11.4. The second-order valence-electron chi connectivity index (χ2n) is 8.17. The Morgan fingerprint density at radius 3 is 2.87 bits per heavy atom. The lowest BCUT2D eigenvalue weighted by molar-refractivity contribution is 0.0322. The monoisotopic (exact) mass is 404 g/mol. The van der Waals surface area contributed by atoms with Crippen molar-refractivity contribution in [2.75, 3.05) is 44.8 Å². The molecule has 1 saturated heterocycles. The first-order chi connectivity index (χ1) is 14.8. The van der Waals surface area contributed by atoms with Gasteiger partial charge in [-0.15, -0.1) is 0 Å². The van der Waals surface area contributed by atoms with Crippen LogP contribution in [0.15, 0.2) is 42.7 Å². The molecule has 0 bridgehead atoms. The van der Waals surface area contributed by atoms with Crippen molar-refractivity contribution in [1.82, 2.24) is 14.9 Å². The fourth-order valence-electron chi connectivity index (χ4n) is 4.49. The van der Waals surface area contributed by atoms with Crippen molar-refractivity contribution in [3.05, 3.63) is 59.4 Å². The molecular weight excluding hydrogens is 376 g/mol. The number of morpholine rings is 1. The fraction of sp³-hybridized carbons (Fsp3) is 0.417. The minimum Gasteiger partial charge on any atom is -0.492 e. The van der Waals surface area contributed by atoms with E-state index in [2.05, 4.69) is 51.4 Å². The predicted molar refractivity (Wildman–Crippen MR) is 118 cm³/mol. The van der Waals surface area contributed by atoms with E-state index in [1.165, 1.54) is 16.7 Å². The highest BCUT2D eigenvalue weighted by Crippen LogP contribution is 2.30. The SMILES string of the molecule is Cc1cccc2ncnc(NC3Cc4ccc(OCCN5CCOCC5)cc4C3)c12. The van der Waals surface area contributed by atoms with Crippen LogP contribution in [0.25, 0.3) is 10.9 Å². The maximum Gasteiger partial charge on any atom is 0.137 e. The first kappa shape index (κ1) is 19.3. The van der Waals surface area contributed by atoms with Gasteiger partial charge in [-0.25, -0.2) is 9.97 Å². The van der Waals surface area contributed by atoms with Crippen molar-refractivity contribution in [2.45, 2.75) is 25.8 Å². The van der Waals surface area contributed by atoms with E-state index in [1.807, 2.05) is 12.1 Å².